The van der Waals surface area contributed by atoms with Crippen molar-refractivity contribution in [2.45, 2.75) is 51.6 Å². The quantitative estimate of drug-likeness (QED) is 0.809. The van der Waals surface area contributed by atoms with Crippen molar-refractivity contribution in [3.05, 3.63) is 12.3 Å². The van der Waals surface area contributed by atoms with Crippen LogP contribution < -0.4 is 10.6 Å². The van der Waals surface area contributed by atoms with E-state index in [0.717, 1.165) is 32.0 Å². The van der Waals surface area contributed by atoms with Gasteiger partial charge in [0, 0.05) is 38.3 Å². The zero-order chi connectivity index (χ0) is 16.1. The summed E-state index contributed by atoms with van der Waals surface area (Å²) < 4.78 is 1.97. The minimum absolute atomic E-state index is 0. The first kappa shape index (κ1) is 22.2. The molecule has 0 radical (unpaired) electrons. The molecule has 1 saturated heterocycles. The maximum Gasteiger partial charge on any atom is 0.239 e. The monoisotopic (exact) mass is 391 g/mol. The number of nitrogens with zero attached hydrogens (tertiary/aromatic N) is 3. The van der Waals surface area contributed by atoms with Crippen molar-refractivity contribution in [1.82, 2.24) is 20.0 Å². The summed E-state index contributed by atoms with van der Waals surface area (Å²) in [5.41, 5.74) is 0. The average Bonchev–Trinajstić information content (AvgIpc) is 2.97. The molecule has 2 fully saturated rings. The Kier molecular flexibility index (Phi) is 9.79. The van der Waals surface area contributed by atoms with Crippen LogP contribution >= 0.6 is 24.8 Å². The van der Waals surface area contributed by atoms with Crippen LogP contribution in [-0.2, 0) is 11.3 Å². The number of rotatable bonds is 5. The molecule has 25 heavy (non-hydrogen) atoms. The van der Waals surface area contributed by atoms with Gasteiger partial charge < -0.3 is 10.6 Å². The predicted octanol–water partition coefficient (Wildman–Crippen LogP) is 2.54. The van der Waals surface area contributed by atoms with Crippen LogP contribution in [0.4, 0.5) is 5.82 Å². The number of carbonyl (C=O) groups excluding carboxylic acids is 1. The Hall–Kier alpha value is -0.820. The molecule has 0 unspecified atom stereocenters. The molecule has 144 valence electrons. The Morgan fingerprint density at radius 1 is 1.32 bits per heavy atom. The number of aromatic nitrogens is 2. The standard InChI is InChI=1S/C17H29N5O.2ClH/c1-14-11-18-9-10-21(14)13-17(23)20-16-7-8-19-22(16)12-15-5-3-2-4-6-15;;/h7-8,14-15,18H,2-6,9-13H2,1H3,(H,20,23);2*1H/t14-;;/m1../s1. The molecule has 2 N–H and O–H groups in total. The summed E-state index contributed by atoms with van der Waals surface area (Å²) >= 11 is 0. The molecule has 0 bridgehead atoms. The van der Waals surface area contributed by atoms with Crippen molar-refractivity contribution in [2.75, 3.05) is 31.5 Å². The van der Waals surface area contributed by atoms with Gasteiger partial charge in [0.05, 0.1) is 12.7 Å². The summed E-state index contributed by atoms with van der Waals surface area (Å²) in [4.78, 5) is 14.6. The van der Waals surface area contributed by atoms with Crippen LogP contribution in [0.3, 0.4) is 0 Å². The fourth-order valence-corrected chi connectivity index (χ4v) is 3.68. The summed E-state index contributed by atoms with van der Waals surface area (Å²) in [6.45, 7) is 6.37. The Bertz CT molecular complexity index is 519. The highest BCUT2D eigenvalue weighted by Crippen LogP contribution is 2.25. The van der Waals surface area contributed by atoms with Gasteiger partial charge in [-0.05, 0) is 25.7 Å². The normalized spacial score (nSPS) is 21.9. The molecule has 1 aromatic heterocycles. The highest BCUT2D eigenvalue weighted by atomic mass is 35.5. The third-order valence-electron chi connectivity index (χ3n) is 5.13. The molecule has 6 nitrogen and oxygen atoms in total. The molecule has 1 atom stereocenters. The number of hydrogen-bond donors (Lipinski definition) is 2. The summed E-state index contributed by atoms with van der Waals surface area (Å²) in [6, 6.07) is 2.31. The van der Waals surface area contributed by atoms with Crippen LogP contribution in [0, 0.1) is 5.92 Å². The Morgan fingerprint density at radius 2 is 2.08 bits per heavy atom. The van der Waals surface area contributed by atoms with Gasteiger partial charge in [0.25, 0.3) is 0 Å². The Labute approximate surface area is 162 Å². The van der Waals surface area contributed by atoms with Gasteiger partial charge in [-0.1, -0.05) is 19.3 Å². The van der Waals surface area contributed by atoms with Gasteiger partial charge in [-0.2, -0.15) is 5.10 Å². The summed E-state index contributed by atoms with van der Waals surface area (Å²) in [7, 11) is 0. The molecule has 1 saturated carbocycles. The van der Waals surface area contributed by atoms with Gasteiger partial charge in [-0.25, -0.2) is 4.68 Å². The SMILES string of the molecule is C[C@@H]1CNCCN1CC(=O)Nc1ccnn1CC1CCCCC1.Cl.Cl. The van der Waals surface area contributed by atoms with E-state index >= 15 is 0 Å². The molecule has 0 aromatic carbocycles. The number of carbonyl (C=O) groups is 1. The maximum atomic E-state index is 12.4. The minimum atomic E-state index is 0. The first-order chi connectivity index (χ1) is 11.2. The van der Waals surface area contributed by atoms with Crippen molar-refractivity contribution in [3.63, 3.8) is 0 Å². The maximum absolute atomic E-state index is 12.4. The van der Waals surface area contributed by atoms with Crippen LogP contribution in [0.15, 0.2) is 12.3 Å². The van der Waals surface area contributed by atoms with Crippen molar-refractivity contribution >= 4 is 36.5 Å². The molecule has 8 heteroatoms. The Balaban J connectivity index is 0.00000156. The molecule has 1 aromatic rings. The van der Waals surface area contributed by atoms with Crippen LogP contribution in [-0.4, -0.2) is 52.8 Å². The van der Waals surface area contributed by atoms with Crippen molar-refractivity contribution < 1.29 is 4.79 Å². The van der Waals surface area contributed by atoms with Crippen molar-refractivity contribution in [1.29, 1.82) is 0 Å². The minimum Gasteiger partial charge on any atom is -0.314 e. The van der Waals surface area contributed by atoms with Crippen LogP contribution in [0.5, 0.6) is 0 Å². The highest BCUT2D eigenvalue weighted by molar-refractivity contribution is 5.91. The Morgan fingerprint density at radius 3 is 2.80 bits per heavy atom. The molecule has 2 heterocycles. The fourth-order valence-electron chi connectivity index (χ4n) is 3.68. The number of nitrogens with one attached hydrogen (secondary N) is 2. The van der Waals surface area contributed by atoms with E-state index in [0.29, 0.717) is 18.5 Å². The zero-order valence-electron chi connectivity index (χ0n) is 14.9. The van der Waals surface area contributed by atoms with Crippen molar-refractivity contribution in [3.8, 4) is 0 Å². The highest BCUT2D eigenvalue weighted by Gasteiger charge is 2.21. The second-order valence-corrected chi connectivity index (χ2v) is 6.97. The molecular weight excluding hydrogens is 361 g/mol. The van der Waals surface area contributed by atoms with Gasteiger partial charge in [-0.15, -0.1) is 24.8 Å². The molecule has 3 rings (SSSR count). The smallest absolute Gasteiger partial charge is 0.239 e. The first-order valence-corrected chi connectivity index (χ1v) is 8.99. The lowest BCUT2D eigenvalue weighted by Crippen LogP contribution is -2.52. The van der Waals surface area contributed by atoms with E-state index in [1.807, 2.05) is 10.7 Å². The van der Waals surface area contributed by atoms with Gasteiger partial charge in [0.1, 0.15) is 5.82 Å². The van der Waals surface area contributed by atoms with Gasteiger partial charge in [0.15, 0.2) is 0 Å². The summed E-state index contributed by atoms with van der Waals surface area (Å²) in [5, 5.41) is 10.8. The van der Waals surface area contributed by atoms with E-state index in [9.17, 15) is 4.79 Å². The lowest BCUT2D eigenvalue weighted by Gasteiger charge is -2.33. The van der Waals surface area contributed by atoms with Gasteiger partial charge in [0.2, 0.25) is 5.91 Å². The molecule has 1 aliphatic carbocycles. The molecule has 1 amide bonds. The molecule has 0 spiro atoms. The number of amides is 1. The summed E-state index contributed by atoms with van der Waals surface area (Å²) in [6.07, 6.45) is 8.37. The van der Waals surface area contributed by atoms with Crippen LogP contribution in [0.25, 0.3) is 0 Å². The van der Waals surface area contributed by atoms with Crippen molar-refractivity contribution in [2.24, 2.45) is 5.92 Å². The van der Waals surface area contributed by atoms with E-state index in [1.54, 1.807) is 6.20 Å². The second kappa shape index (κ2) is 11.0. The average molecular weight is 392 g/mol. The lowest BCUT2D eigenvalue weighted by molar-refractivity contribution is -0.118. The third-order valence-corrected chi connectivity index (χ3v) is 5.13. The topological polar surface area (TPSA) is 62.2 Å². The molecular formula is C17H31Cl2N5O. The number of halogens is 2. The predicted molar refractivity (Wildman–Crippen MR) is 106 cm³/mol. The number of piperazine rings is 1. The third kappa shape index (κ3) is 6.44. The molecule has 1 aliphatic heterocycles. The molecule has 2 aliphatic rings. The van der Waals surface area contributed by atoms with Gasteiger partial charge >= 0.3 is 0 Å². The van der Waals surface area contributed by atoms with Crippen LogP contribution in [0.1, 0.15) is 39.0 Å². The zero-order valence-corrected chi connectivity index (χ0v) is 16.6. The number of hydrogen-bond acceptors (Lipinski definition) is 4. The van der Waals surface area contributed by atoms with E-state index in [2.05, 4.69) is 27.6 Å². The first-order valence-electron chi connectivity index (χ1n) is 8.99. The van der Waals surface area contributed by atoms with E-state index in [-0.39, 0.29) is 30.7 Å². The summed E-state index contributed by atoms with van der Waals surface area (Å²) in [5.74, 6) is 1.60. The number of anilines is 1. The second-order valence-electron chi connectivity index (χ2n) is 6.97. The van der Waals surface area contributed by atoms with Crippen LogP contribution in [0.2, 0.25) is 0 Å². The van der Waals surface area contributed by atoms with E-state index < -0.39 is 0 Å². The lowest BCUT2D eigenvalue weighted by atomic mass is 9.89. The van der Waals surface area contributed by atoms with E-state index in [1.165, 1.54) is 32.1 Å². The largest absolute Gasteiger partial charge is 0.314 e. The fraction of sp³-hybridized carbons (Fsp3) is 0.765. The van der Waals surface area contributed by atoms with Gasteiger partial charge in [-0.3, -0.25) is 9.69 Å². The van der Waals surface area contributed by atoms with E-state index in [4.69, 9.17) is 0 Å².